The first kappa shape index (κ1) is 19.6. The molecular weight excluding hydrogens is 378 g/mol. The zero-order chi connectivity index (χ0) is 20.8. The number of nitrogens with one attached hydrogen (secondary N) is 1. The predicted molar refractivity (Wildman–Crippen MR) is 118 cm³/mol. The van der Waals surface area contributed by atoms with Gasteiger partial charge in [0.1, 0.15) is 12.4 Å². The lowest BCUT2D eigenvalue weighted by Crippen LogP contribution is -2.06. The zero-order valence-electron chi connectivity index (χ0n) is 16.7. The fourth-order valence-electron chi connectivity index (χ4n) is 3.04. The van der Waals surface area contributed by atoms with Crippen molar-refractivity contribution in [1.29, 1.82) is 0 Å². The fourth-order valence-corrected chi connectivity index (χ4v) is 3.04. The minimum atomic E-state index is 0.460. The van der Waals surface area contributed by atoms with Crippen LogP contribution < -0.4 is 15.8 Å². The number of rotatable bonds is 8. The summed E-state index contributed by atoms with van der Waals surface area (Å²) in [4.78, 5) is 13.4. The van der Waals surface area contributed by atoms with Crippen molar-refractivity contribution in [1.82, 2.24) is 15.0 Å². The third kappa shape index (κ3) is 4.64. The zero-order valence-corrected chi connectivity index (χ0v) is 16.7. The summed E-state index contributed by atoms with van der Waals surface area (Å²) in [6.07, 6.45) is 3.53. The Labute approximate surface area is 174 Å². The Balaban J connectivity index is 1.47. The number of aromatic nitrogens is 3. The van der Waals surface area contributed by atoms with Crippen LogP contribution in [-0.4, -0.2) is 35.3 Å². The number of pyridine rings is 3. The maximum absolute atomic E-state index is 6.13. The van der Waals surface area contributed by atoms with Gasteiger partial charge in [-0.3, -0.25) is 4.98 Å². The summed E-state index contributed by atoms with van der Waals surface area (Å²) >= 11 is 0. The maximum atomic E-state index is 6.13. The minimum absolute atomic E-state index is 0.460. The number of fused-ring (bicyclic) bond motifs is 1. The molecule has 7 nitrogen and oxygen atoms in total. The third-order valence-electron chi connectivity index (χ3n) is 4.62. The molecule has 0 aliphatic carbocycles. The van der Waals surface area contributed by atoms with Crippen LogP contribution in [0.4, 0.5) is 11.5 Å². The molecule has 7 heteroatoms. The van der Waals surface area contributed by atoms with Crippen molar-refractivity contribution in [2.45, 2.75) is 6.54 Å². The van der Waals surface area contributed by atoms with Crippen molar-refractivity contribution in [3.8, 4) is 17.1 Å². The number of ether oxygens (including phenoxy) is 2. The van der Waals surface area contributed by atoms with Crippen molar-refractivity contribution < 1.29 is 9.47 Å². The number of anilines is 2. The molecule has 0 spiro atoms. The van der Waals surface area contributed by atoms with Gasteiger partial charge in [-0.25, -0.2) is 9.97 Å². The number of benzene rings is 1. The van der Waals surface area contributed by atoms with E-state index in [0.29, 0.717) is 37.1 Å². The second-order valence-corrected chi connectivity index (χ2v) is 6.74. The summed E-state index contributed by atoms with van der Waals surface area (Å²) in [7, 11) is 1.63. The monoisotopic (exact) mass is 401 g/mol. The maximum Gasteiger partial charge on any atom is 0.213 e. The van der Waals surface area contributed by atoms with E-state index in [9.17, 15) is 0 Å². The first-order valence-corrected chi connectivity index (χ1v) is 9.65. The lowest BCUT2D eigenvalue weighted by molar-refractivity contribution is 0.144. The molecule has 3 heterocycles. The second kappa shape index (κ2) is 9.19. The van der Waals surface area contributed by atoms with Gasteiger partial charge >= 0.3 is 0 Å². The molecule has 3 aromatic heterocycles. The van der Waals surface area contributed by atoms with Crippen molar-refractivity contribution >= 4 is 22.4 Å². The Hall–Kier alpha value is -3.71. The SMILES string of the molecule is COCCOc1ccc(-c2ccc(N)c(NCc3ccc4ncccc4c3)n2)cn1. The third-order valence-corrected chi connectivity index (χ3v) is 4.62. The second-order valence-electron chi connectivity index (χ2n) is 6.74. The molecule has 0 atom stereocenters. The van der Waals surface area contributed by atoms with Crippen molar-refractivity contribution in [2.75, 3.05) is 31.4 Å². The van der Waals surface area contributed by atoms with Gasteiger partial charge in [-0.2, -0.15) is 0 Å². The molecule has 30 heavy (non-hydrogen) atoms. The number of nitrogens with two attached hydrogens (primary N) is 1. The lowest BCUT2D eigenvalue weighted by atomic mass is 10.1. The van der Waals surface area contributed by atoms with Crippen molar-refractivity contribution in [3.63, 3.8) is 0 Å². The van der Waals surface area contributed by atoms with E-state index < -0.39 is 0 Å². The van der Waals surface area contributed by atoms with Crippen molar-refractivity contribution in [3.05, 3.63) is 72.6 Å². The summed E-state index contributed by atoms with van der Waals surface area (Å²) in [5, 5.41) is 4.44. The van der Waals surface area contributed by atoms with E-state index in [1.807, 2.05) is 36.4 Å². The summed E-state index contributed by atoms with van der Waals surface area (Å²) in [6.45, 7) is 1.59. The van der Waals surface area contributed by atoms with E-state index in [4.69, 9.17) is 15.2 Å². The van der Waals surface area contributed by atoms with E-state index in [-0.39, 0.29) is 0 Å². The van der Waals surface area contributed by atoms with Crippen LogP contribution in [0.5, 0.6) is 5.88 Å². The van der Waals surface area contributed by atoms with Crippen LogP contribution in [0.25, 0.3) is 22.2 Å². The number of nitrogen functional groups attached to an aromatic ring is 1. The van der Waals surface area contributed by atoms with Gasteiger partial charge in [0.25, 0.3) is 0 Å². The summed E-state index contributed by atoms with van der Waals surface area (Å²) in [5.41, 5.74) is 10.5. The van der Waals surface area contributed by atoms with Gasteiger partial charge in [-0.05, 0) is 42.0 Å². The Morgan fingerprint density at radius 2 is 1.93 bits per heavy atom. The van der Waals surface area contributed by atoms with E-state index in [1.54, 1.807) is 19.5 Å². The highest BCUT2D eigenvalue weighted by molar-refractivity contribution is 5.79. The van der Waals surface area contributed by atoms with Gasteiger partial charge in [0.05, 0.1) is 23.5 Å². The van der Waals surface area contributed by atoms with Crippen LogP contribution in [0.1, 0.15) is 5.56 Å². The average Bonchev–Trinajstić information content (AvgIpc) is 2.79. The van der Waals surface area contributed by atoms with Gasteiger partial charge in [-0.15, -0.1) is 0 Å². The molecule has 0 aliphatic rings. The molecule has 0 saturated heterocycles. The largest absolute Gasteiger partial charge is 0.475 e. The highest BCUT2D eigenvalue weighted by Gasteiger charge is 2.07. The predicted octanol–water partition coefficient (Wildman–Crippen LogP) is 3.91. The van der Waals surface area contributed by atoms with Crippen LogP contribution in [0.3, 0.4) is 0 Å². The number of methoxy groups -OCH3 is 1. The molecule has 4 aromatic rings. The Morgan fingerprint density at radius 1 is 1.00 bits per heavy atom. The molecule has 0 aliphatic heterocycles. The Kier molecular flexibility index (Phi) is 6.01. The average molecular weight is 401 g/mol. The van der Waals surface area contributed by atoms with Gasteiger partial charge in [-0.1, -0.05) is 12.1 Å². The van der Waals surface area contributed by atoms with Gasteiger partial charge in [0.15, 0.2) is 0 Å². The highest BCUT2D eigenvalue weighted by atomic mass is 16.5. The van der Waals surface area contributed by atoms with Gasteiger partial charge in [0.2, 0.25) is 5.88 Å². The molecule has 152 valence electrons. The van der Waals surface area contributed by atoms with Gasteiger partial charge in [0, 0.05) is 43.1 Å². The minimum Gasteiger partial charge on any atom is -0.475 e. The molecule has 0 unspecified atom stereocenters. The summed E-state index contributed by atoms with van der Waals surface area (Å²) < 4.78 is 10.5. The van der Waals surface area contributed by atoms with E-state index in [1.165, 1.54) is 0 Å². The molecule has 4 rings (SSSR count). The smallest absolute Gasteiger partial charge is 0.213 e. The standard InChI is InChI=1S/C23H23N5O2/c1-29-11-12-30-22-9-5-18(15-26-22)21-8-6-19(24)23(28-21)27-14-16-4-7-20-17(13-16)3-2-10-25-20/h2-10,13,15H,11-12,14,24H2,1H3,(H,27,28). The molecule has 3 N–H and O–H groups in total. The fraction of sp³-hybridized carbons (Fsp3) is 0.174. The summed E-state index contributed by atoms with van der Waals surface area (Å²) in [5.74, 6) is 1.19. The van der Waals surface area contributed by atoms with Crippen LogP contribution in [-0.2, 0) is 11.3 Å². The van der Waals surface area contributed by atoms with E-state index in [0.717, 1.165) is 27.7 Å². The van der Waals surface area contributed by atoms with Crippen LogP contribution in [0.15, 0.2) is 67.0 Å². The van der Waals surface area contributed by atoms with E-state index >= 15 is 0 Å². The Morgan fingerprint density at radius 3 is 2.77 bits per heavy atom. The first-order valence-electron chi connectivity index (χ1n) is 9.65. The molecule has 0 bridgehead atoms. The topological polar surface area (TPSA) is 95.2 Å². The number of nitrogens with zero attached hydrogens (tertiary/aromatic N) is 3. The number of hydrogen-bond donors (Lipinski definition) is 2. The number of hydrogen-bond acceptors (Lipinski definition) is 7. The van der Waals surface area contributed by atoms with Crippen molar-refractivity contribution in [2.24, 2.45) is 0 Å². The lowest BCUT2D eigenvalue weighted by Gasteiger charge is -2.11. The molecule has 0 amide bonds. The molecule has 0 fully saturated rings. The van der Waals surface area contributed by atoms with Crippen LogP contribution in [0.2, 0.25) is 0 Å². The summed E-state index contributed by atoms with van der Waals surface area (Å²) in [6, 6.07) is 17.6. The van der Waals surface area contributed by atoms with Crippen LogP contribution >= 0.6 is 0 Å². The molecule has 0 saturated carbocycles. The first-order chi connectivity index (χ1) is 14.7. The highest BCUT2D eigenvalue weighted by Crippen LogP contribution is 2.24. The molecule has 0 radical (unpaired) electrons. The normalized spacial score (nSPS) is 10.8. The van der Waals surface area contributed by atoms with Gasteiger partial charge < -0.3 is 20.5 Å². The van der Waals surface area contributed by atoms with E-state index in [2.05, 4.69) is 38.5 Å². The quantitative estimate of drug-likeness (QED) is 0.432. The molecule has 1 aromatic carbocycles. The molecular formula is C23H23N5O2. The van der Waals surface area contributed by atoms with Crippen LogP contribution in [0, 0.1) is 0 Å². The Bertz CT molecular complexity index is 1130.